The largest absolute Gasteiger partial charge is 0.376 e. The Kier molecular flexibility index (Phi) is 5.41. The van der Waals surface area contributed by atoms with Crippen LogP contribution in [0, 0.1) is 11.3 Å². The van der Waals surface area contributed by atoms with Crippen LogP contribution in [-0.4, -0.2) is 30.4 Å². The standard InChI is InChI=1S/C12H19N3O/c1-2-3-6-14-12(16)11(9-13)10-15-7-4-5-8-15/h10H,2-8H2,1H3,(H,14,16)/b11-10-. The van der Waals surface area contributed by atoms with Crippen molar-refractivity contribution >= 4 is 5.91 Å². The molecule has 1 heterocycles. The first-order valence-corrected chi connectivity index (χ1v) is 5.92. The van der Waals surface area contributed by atoms with Gasteiger partial charge in [0, 0.05) is 25.8 Å². The predicted molar refractivity (Wildman–Crippen MR) is 62.4 cm³/mol. The quantitative estimate of drug-likeness (QED) is 0.434. The van der Waals surface area contributed by atoms with E-state index in [9.17, 15) is 4.79 Å². The highest BCUT2D eigenvalue weighted by atomic mass is 16.1. The Balaban J connectivity index is 2.46. The highest BCUT2D eigenvalue weighted by Gasteiger charge is 2.13. The minimum atomic E-state index is -0.247. The molecule has 1 aliphatic heterocycles. The zero-order valence-corrected chi connectivity index (χ0v) is 9.83. The van der Waals surface area contributed by atoms with Crippen LogP contribution in [0.1, 0.15) is 32.6 Å². The average Bonchev–Trinajstić information content (AvgIpc) is 2.78. The van der Waals surface area contributed by atoms with Crippen molar-refractivity contribution in [2.45, 2.75) is 32.6 Å². The zero-order valence-electron chi connectivity index (χ0n) is 9.83. The maximum absolute atomic E-state index is 11.6. The van der Waals surface area contributed by atoms with Crippen molar-refractivity contribution in [1.82, 2.24) is 10.2 Å². The van der Waals surface area contributed by atoms with Crippen LogP contribution in [0.2, 0.25) is 0 Å². The maximum Gasteiger partial charge on any atom is 0.263 e. The van der Waals surface area contributed by atoms with Gasteiger partial charge in [0.05, 0.1) is 0 Å². The lowest BCUT2D eigenvalue weighted by Crippen LogP contribution is -2.27. The molecule has 0 spiro atoms. The highest BCUT2D eigenvalue weighted by molar-refractivity contribution is 5.97. The first-order valence-electron chi connectivity index (χ1n) is 5.92. The van der Waals surface area contributed by atoms with Crippen LogP contribution in [0.5, 0.6) is 0 Å². The number of nitrogens with one attached hydrogen (secondary N) is 1. The van der Waals surface area contributed by atoms with Gasteiger partial charge in [0.1, 0.15) is 11.6 Å². The normalized spacial score (nSPS) is 16.0. The van der Waals surface area contributed by atoms with E-state index < -0.39 is 0 Å². The number of nitriles is 1. The summed E-state index contributed by atoms with van der Waals surface area (Å²) in [7, 11) is 0. The lowest BCUT2D eigenvalue weighted by atomic mass is 10.2. The van der Waals surface area contributed by atoms with E-state index in [2.05, 4.69) is 12.2 Å². The molecular weight excluding hydrogens is 202 g/mol. The van der Waals surface area contributed by atoms with Crippen LogP contribution in [0.4, 0.5) is 0 Å². The summed E-state index contributed by atoms with van der Waals surface area (Å²) in [6.45, 7) is 4.62. The van der Waals surface area contributed by atoms with Gasteiger partial charge in [-0.15, -0.1) is 0 Å². The van der Waals surface area contributed by atoms with Crippen molar-refractivity contribution in [2.24, 2.45) is 0 Å². The number of amides is 1. The van der Waals surface area contributed by atoms with Crippen LogP contribution in [0.25, 0.3) is 0 Å². The van der Waals surface area contributed by atoms with Crippen molar-refractivity contribution in [3.8, 4) is 6.07 Å². The molecule has 0 aromatic rings. The molecule has 1 fully saturated rings. The van der Waals surface area contributed by atoms with Gasteiger partial charge in [0.15, 0.2) is 0 Å². The second kappa shape index (κ2) is 6.89. The lowest BCUT2D eigenvalue weighted by Gasteiger charge is -2.11. The van der Waals surface area contributed by atoms with Crippen LogP contribution >= 0.6 is 0 Å². The third-order valence-corrected chi connectivity index (χ3v) is 2.63. The fraction of sp³-hybridized carbons (Fsp3) is 0.667. The summed E-state index contributed by atoms with van der Waals surface area (Å²) < 4.78 is 0. The predicted octanol–water partition coefficient (Wildman–Crippen LogP) is 1.41. The number of carbonyl (C=O) groups is 1. The van der Waals surface area contributed by atoms with E-state index >= 15 is 0 Å². The number of hydrogen-bond donors (Lipinski definition) is 1. The second-order valence-corrected chi connectivity index (χ2v) is 4.01. The lowest BCUT2D eigenvalue weighted by molar-refractivity contribution is -0.117. The molecule has 1 amide bonds. The summed E-state index contributed by atoms with van der Waals surface area (Å²) >= 11 is 0. The van der Waals surface area contributed by atoms with Crippen molar-refractivity contribution in [2.75, 3.05) is 19.6 Å². The summed E-state index contributed by atoms with van der Waals surface area (Å²) in [5.74, 6) is -0.247. The molecule has 0 aromatic carbocycles. The molecule has 16 heavy (non-hydrogen) atoms. The van der Waals surface area contributed by atoms with Gasteiger partial charge < -0.3 is 10.2 Å². The minimum absolute atomic E-state index is 0.220. The molecule has 4 heteroatoms. The van der Waals surface area contributed by atoms with Crippen LogP contribution in [0.15, 0.2) is 11.8 Å². The van der Waals surface area contributed by atoms with E-state index in [4.69, 9.17) is 5.26 Å². The fourth-order valence-electron chi connectivity index (χ4n) is 1.67. The molecular formula is C12H19N3O. The first-order chi connectivity index (χ1) is 7.77. The van der Waals surface area contributed by atoms with Crippen molar-refractivity contribution in [1.29, 1.82) is 5.26 Å². The van der Waals surface area contributed by atoms with Crippen molar-refractivity contribution in [3.05, 3.63) is 11.8 Å². The summed E-state index contributed by atoms with van der Waals surface area (Å²) in [4.78, 5) is 13.6. The summed E-state index contributed by atoms with van der Waals surface area (Å²) in [6, 6.07) is 1.96. The SMILES string of the molecule is CCCCNC(=O)/C(C#N)=C\N1CCCC1. The highest BCUT2D eigenvalue weighted by Crippen LogP contribution is 2.09. The van der Waals surface area contributed by atoms with Crippen molar-refractivity contribution in [3.63, 3.8) is 0 Å². The molecule has 1 saturated heterocycles. The minimum Gasteiger partial charge on any atom is -0.376 e. The number of likely N-dealkylation sites (tertiary alicyclic amines) is 1. The van der Waals surface area contributed by atoms with Gasteiger partial charge in [0.25, 0.3) is 5.91 Å². The number of hydrogen-bond acceptors (Lipinski definition) is 3. The number of unbranched alkanes of at least 4 members (excludes halogenated alkanes) is 1. The van der Waals surface area contributed by atoms with E-state index in [1.54, 1.807) is 6.20 Å². The fourth-order valence-corrected chi connectivity index (χ4v) is 1.67. The number of carbonyl (C=O) groups excluding carboxylic acids is 1. The summed E-state index contributed by atoms with van der Waals surface area (Å²) in [5.41, 5.74) is 0.220. The van der Waals surface area contributed by atoms with Gasteiger partial charge in [-0.1, -0.05) is 13.3 Å². The van der Waals surface area contributed by atoms with E-state index in [0.29, 0.717) is 6.54 Å². The molecule has 0 aliphatic carbocycles. The molecule has 1 rings (SSSR count). The van der Waals surface area contributed by atoms with Crippen LogP contribution < -0.4 is 5.32 Å². The Morgan fingerprint density at radius 3 is 2.75 bits per heavy atom. The van der Waals surface area contributed by atoms with E-state index in [1.165, 1.54) is 0 Å². The molecule has 1 N–H and O–H groups in total. The Labute approximate surface area is 96.9 Å². The third kappa shape index (κ3) is 3.93. The third-order valence-electron chi connectivity index (χ3n) is 2.63. The monoisotopic (exact) mass is 221 g/mol. The van der Waals surface area contributed by atoms with E-state index in [1.807, 2.05) is 11.0 Å². The molecule has 88 valence electrons. The second-order valence-electron chi connectivity index (χ2n) is 4.01. The average molecular weight is 221 g/mol. The molecule has 0 unspecified atom stereocenters. The van der Waals surface area contributed by atoms with Gasteiger partial charge in [-0.3, -0.25) is 4.79 Å². The summed E-state index contributed by atoms with van der Waals surface area (Å²) in [5, 5.41) is 11.7. The topological polar surface area (TPSA) is 56.1 Å². The molecule has 0 aromatic heterocycles. The molecule has 4 nitrogen and oxygen atoms in total. The molecule has 0 atom stereocenters. The summed E-state index contributed by atoms with van der Waals surface area (Å²) in [6.07, 6.45) is 5.97. The maximum atomic E-state index is 11.6. The van der Waals surface area contributed by atoms with Crippen LogP contribution in [0.3, 0.4) is 0 Å². The van der Waals surface area contributed by atoms with Gasteiger partial charge in [-0.05, 0) is 19.3 Å². The molecule has 0 radical (unpaired) electrons. The van der Waals surface area contributed by atoms with E-state index in [0.717, 1.165) is 38.8 Å². The molecule has 1 aliphatic rings. The van der Waals surface area contributed by atoms with Crippen molar-refractivity contribution < 1.29 is 4.79 Å². The Hall–Kier alpha value is -1.50. The van der Waals surface area contributed by atoms with Gasteiger partial charge in [-0.25, -0.2) is 0 Å². The molecule has 0 bridgehead atoms. The van der Waals surface area contributed by atoms with E-state index in [-0.39, 0.29) is 11.5 Å². The zero-order chi connectivity index (χ0) is 11.8. The number of rotatable bonds is 5. The van der Waals surface area contributed by atoms with Crippen LogP contribution in [-0.2, 0) is 4.79 Å². The smallest absolute Gasteiger partial charge is 0.263 e. The Bertz CT molecular complexity index is 298. The number of nitrogens with zero attached hydrogens (tertiary/aromatic N) is 2. The van der Waals surface area contributed by atoms with Gasteiger partial charge in [-0.2, -0.15) is 5.26 Å². The Morgan fingerprint density at radius 1 is 1.50 bits per heavy atom. The Morgan fingerprint density at radius 2 is 2.19 bits per heavy atom. The molecule has 0 saturated carbocycles. The first kappa shape index (κ1) is 12.6. The van der Waals surface area contributed by atoms with Gasteiger partial charge in [0.2, 0.25) is 0 Å². The van der Waals surface area contributed by atoms with Gasteiger partial charge >= 0.3 is 0 Å².